The molecule has 1 unspecified atom stereocenters. The van der Waals surface area contributed by atoms with Gasteiger partial charge >= 0.3 is 5.97 Å². The lowest BCUT2D eigenvalue weighted by molar-refractivity contribution is -0.146. The minimum atomic E-state index is -0.429. The molecular formula is C14H21N7O2. The molecule has 2 aromatic heterocycles. The molecule has 1 atom stereocenters. The van der Waals surface area contributed by atoms with Crippen LogP contribution in [0.25, 0.3) is 0 Å². The Morgan fingerprint density at radius 3 is 2.57 bits per heavy atom. The molecule has 0 aliphatic carbocycles. The zero-order valence-corrected chi connectivity index (χ0v) is 13.9. The van der Waals surface area contributed by atoms with Gasteiger partial charge in [0.15, 0.2) is 12.4 Å². The minimum absolute atomic E-state index is 0.0628. The van der Waals surface area contributed by atoms with Crippen LogP contribution in [-0.2, 0) is 16.1 Å². The van der Waals surface area contributed by atoms with Crippen molar-refractivity contribution in [1.82, 2.24) is 25.1 Å². The Labute approximate surface area is 134 Å². The molecule has 0 saturated heterocycles. The van der Waals surface area contributed by atoms with Crippen molar-refractivity contribution in [2.45, 2.75) is 33.3 Å². The number of anilines is 2. The molecule has 0 spiro atoms. The molecule has 2 heterocycles. The molecule has 124 valence electrons. The Balaban J connectivity index is 2.07. The van der Waals surface area contributed by atoms with Crippen LogP contribution in [0.4, 0.5) is 11.9 Å². The van der Waals surface area contributed by atoms with Crippen LogP contribution in [0.15, 0.2) is 0 Å². The second kappa shape index (κ2) is 6.59. The molecule has 2 aromatic rings. The molecule has 9 nitrogen and oxygen atoms in total. The van der Waals surface area contributed by atoms with Gasteiger partial charge < -0.3 is 15.4 Å². The maximum absolute atomic E-state index is 12.2. The van der Waals surface area contributed by atoms with Gasteiger partial charge in [0.25, 0.3) is 0 Å². The van der Waals surface area contributed by atoms with Gasteiger partial charge in [0.2, 0.25) is 11.9 Å². The van der Waals surface area contributed by atoms with Crippen molar-refractivity contribution < 1.29 is 9.53 Å². The number of hydrogen-bond acceptors (Lipinski definition) is 8. The van der Waals surface area contributed by atoms with Gasteiger partial charge in [-0.05, 0) is 20.8 Å². The number of nitrogens with two attached hydrogens (primary N) is 1. The third kappa shape index (κ3) is 3.74. The smallest absolute Gasteiger partial charge is 0.313 e. The predicted molar refractivity (Wildman–Crippen MR) is 84.8 cm³/mol. The number of aromatic nitrogens is 5. The standard InChI is InChI=1S/C14H21N7O2/c1-7(11-8(2)19-20-9(11)3)12(22)23-6-10-16-13(15)18-14(17-10)21(4)5/h7H,6H2,1-5H3,(H,19,20)(H2,15,16,17,18). The molecular weight excluding hydrogens is 298 g/mol. The van der Waals surface area contributed by atoms with Gasteiger partial charge in [0.1, 0.15) is 0 Å². The Kier molecular flexibility index (Phi) is 4.77. The monoisotopic (exact) mass is 319 g/mol. The fraction of sp³-hybridized carbons (Fsp3) is 0.500. The van der Waals surface area contributed by atoms with Crippen LogP contribution >= 0.6 is 0 Å². The highest BCUT2D eigenvalue weighted by Crippen LogP contribution is 2.22. The second-order valence-corrected chi connectivity index (χ2v) is 5.48. The molecule has 0 saturated carbocycles. The number of carbonyl (C=O) groups excluding carboxylic acids is 1. The fourth-order valence-corrected chi connectivity index (χ4v) is 2.27. The van der Waals surface area contributed by atoms with Crippen LogP contribution in [0.3, 0.4) is 0 Å². The van der Waals surface area contributed by atoms with E-state index in [1.807, 2.05) is 13.8 Å². The molecule has 0 aromatic carbocycles. The molecule has 0 bridgehead atoms. The highest BCUT2D eigenvalue weighted by Gasteiger charge is 2.23. The van der Waals surface area contributed by atoms with Crippen molar-refractivity contribution in [3.8, 4) is 0 Å². The SMILES string of the molecule is Cc1n[nH]c(C)c1C(C)C(=O)OCc1nc(N)nc(N(C)C)n1. The third-order valence-corrected chi connectivity index (χ3v) is 3.40. The molecule has 0 amide bonds. The van der Waals surface area contributed by atoms with Crippen molar-refractivity contribution in [2.24, 2.45) is 0 Å². The first kappa shape index (κ1) is 16.7. The number of nitrogen functional groups attached to an aromatic ring is 1. The topological polar surface area (TPSA) is 123 Å². The van der Waals surface area contributed by atoms with E-state index in [4.69, 9.17) is 10.5 Å². The minimum Gasteiger partial charge on any atom is -0.457 e. The van der Waals surface area contributed by atoms with E-state index in [9.17, 15) is 4.79 Å². The Bertz CT molecular complexity index is 692. The molecule has 23 heavy (non-hydrogen) atoms. The average molecular weight is 319 g/mol. The first-order valence-corrected chi connectivity index (χ1v) is 7.15. The quantitative estimate of drug-likeness (QED) is 0.772. The van der Waals surface area contributed by atoms with Gasteiger partial charge in [-0.3, -0.25) is 9.89 Å². The number of carbonyl (C=O) groups is 1. The Morgan fingerprint density at radius 1 is 1.30 bits per heavy atom. The lowest BCUT2D eigenvalue weighted by Crippen LogP contribution is -2.18. The van der Waals surface area contributed by atoms with Gasteiger partial charge in [0.05, 0.1) is 11.6 Å². The van der Waals surface area contributed by atoms with E-state index in [1.54, 1.807) is 25.9 Å². The molecule has 3 N–H and O–H groups in total. The normalized spacial score (nSPS) is 12.0. The van der Waals surface area contributed by atoms with E-state index in [2.05, 4.69) is 25.1 Å². The number of hydrogen-bond donors (Lipinski definition) is 2. The van der Waals surface area contributed by atoms with E-state index >= 15 is 0 Å². The fourth-order valence-electron chi connectivity index (χ4n) is 2.27. The maximum Gasteiger partial charge on any atom is 0.313 e. The van der Waals surface area contributed by atoms with Crippen molar-refractivity contribution in [3.05, 3.63) is 22.8 Å². The van der Waals surface area contributed by atoms with Crippen LogP contribution in [-0.4, -0.2) is 45.2 Å². The van der Waals surface area contributed by atoms with Crippen molar-refractivity contribution in [2.75, 3.05) is 24.7 Å². The third-order valence-electron chi connectivity index (χ3n) is 3.40. The number of aryl methyl sites for hydroxylation is 2. The van der Waals surface area contributed by atoms with E-state index in [1.165, 1.54) is 0 Å². The number of aromatic amines is 1. The summed E-state index contributed by atoms with van der Waals surface area (Å²) in [6, 6.07) is 0. The summed E-state index contributed by atoms with van der Waals surface area (Å²) in [5.41, 5.74) is 8.12. The average Bonchev–Trinajstić information content (AvgIpc) is 2.82. The van der Waals surface area contributed by atoms with E-state index in [0.717, 1.165) is 17.0 Å². The summed E-state index contributed by atoms with van der Waals surface area (Å²) < 4.78 is 5.31. The summed E-state index contributed by atoms with van der Waals surface area (Å²) in [5.74, 6) is 0.00840. The first-order valence-electron chi connectivity index (χ1n) is 7.15. The summed E-state index contributed by atoms with van der Waals surface area (Å²) in [6.45, 7) is 5.43. The number of nitrogens with one attached hydrogen (secondary N) is 1. The first-order chi connectivity index (χ1) is 10.8. The molecule has 0 aliphatic rings. The summed E-state index contributed by atoms with van der Waals surface area (Å²) in [5, 5.41) is 6.95. The summed E-state index contributed by atoms with van der Waals surface area (Å²) >= 11 is 0. The van der Waals surface area contributed by atoms with Gasteiger partial charge in [-0.1, -0.05) is 0 Å². The van der Waals surface area contributed by atoms with Crippen molar-refractivity contribution >= 4 is 17.9 Å². The number of H-pyrrole nitrogens is 1. The zero-order chi connectivity index (χ0) is 17.1. The lowest BCUT2D eigenvalue weighted by Gasteiger charge is -2.13. The number of rotatable bonds is 5. The highest BCUT2D eigenvalue weighted by molar-refractivity contribution is 5.78. The predicted octanol–water partition coefficient (Wildman–Crippen LogP) is 0.707. The van der Waals surface area contributed by atoms with E-state index in [-0.39, 0.29) is 18.5 Å². The van der Waals surface area contributed by atoms with Crippen LogP contribution in [0.5, 0.6) is 0 Å². The molecule has 0 aliphatic heterocycles. The van der Waals surface area contributed by atoms with Crippen LogP contribution in [0, 0.1) is 13.8 Å². The molecule has 0 radical (unpaired) electrons. The molecule has 0 fully saturated rings. The van der Waals surface area contributed by atoms with Gasteiger partial charge in [0, 0.05) is 25.4 Å². The summed E-state index contributed by atoms with van der Waals surface area (Å²) in [7, 11) is 3.58. The van der Waals surface area contributed by atoms with E-state index < -0.39 is 5.92 Å². The largest absolute Gasteiger partial charge is 0.457 e. The van der Waals surface area contributed by atoms with Crippen molar-refractivity contribution in [1.29, 1.82) is 0 Å². The van der Waals surface area contributed by atoms with Crippen molar-refractivity contribution in [3.63, 3.8) is 0 Å². The highest BCUT2D eigenvalue weighted by atomic mass is 16.5. The van der Waals surface area contributed by atoms with Gasteiger partial charge in [-0.2, -0.15) is 20.1 Å². The number of esters is 1. The Hall–Kier alpha value is -2.71. The summed E-state index contributed by atoms with van der Waals surface area (Å²) in [4.78, 5) is 26.1. The number of nitrogens with zero attached hydrogens (tertiary/aromatic N) is 5. The van der Waals surface area contributed by atoms with Gasteiger partial charge in [-0.25, -0.2) is 0 Å². The van der Waals surface area contributed by atoms with Crippen LogP contribution < -0.4 is 10.6 Å². The Morgan fingerprint density at radius 2 is 2.00 bits per heavy atom. The molecule has 2 rings (SSSR count). The molecule has 9 heteroatoms. The maximum atomic E-state index is 12.2. The van der Waals surface area contributed by atoms with Gasteiger partial charge in [-0.15, -0.1) is 0 Å². The second-order valence-electron chi connectivity index (χ2n) is 5.48. The van der Waals surface area contributed by atoms with Crippen LogP contribution in [0.2, 0.25) is 0 Å². The number of ether oxygens (including phenoxy) is 1. The van der Waals surface area contributed by atoms with E-state index in [0.29, 0.717) is 11.8 Å². The zero-order valence-electron chi connectivity index (χ0n) is 13.9. The summed E-state index contributed by atoms with van der Waals surface area (Å²) in [6.07, 6.45) is 0. The lowest BCUT2D eigenvalue weighted by atomic mass is 9.99. The van der Waals surface area contributed by atoms with Crippen LogP contribution in [0.1, 0.15) is 35.6 Å².